The first-order valence-corrected chi connectivity index (χ1v) is 9.83. The maximum absolute atomic E-state index is 13.5. The van der Waals surface area contributed by atoms with Gasteiger partial charge in [-0.3, -0.25) is 4.99 Å². The number of aliphatic imine (C=N–C) groups is 1. The van der Waals surface area contributed by atoms with Gasteiger partial charge < -0.3 is 15.6 Å². The number of hydrogen-bond acceptors (Lipinski definition) is 3. The quantitative estimate of drug-likeness (QED) is 0.280. The van der Waals surface area contributed by atoms with E-state index in [0.717, 1.165) is 66.4 Å². The minimum atomic E-state index is -0.216. The van der Waals surface area contributed by atoms with Crippen LogP contribution < -0.4 is 10.6 Å². The lowest BCUT2D eigenvalue weighted by molar-refractivity contribution is 0.392. The highest BCUT2D eigenvalue weighted by molar-refractivity contribution is 14.0. The van der Waals surface area contributed by atoms with Crippen LogP contribution in [0.1, 0.15) is 30.6 Å². The highest BCUT2D eigenvalue weighted by Crippen LogP contribution is 2.20. The average Bonchev–Trinajstić information content (AvgIpc) is 3.23. The molecule has 3 aromatic rings. The summed E-state index contributed by atoms with van der Waals surface area (Å²) in [5.41, 5.74) is 2.03. The number of benzene rings is 1. The Bertz CT molecular complexity index is 994. The first-order valence-electron chi connectivity index (χ1n) is 9.83. The lowest BCUT2D eigenvalue weighted by Gasteiger charge is -2.25. The molecule has 4 rings (SSSR count). The molecule has 0 spiro atoms. The number of H-pyrrole nitrogens is 1. The summed E-state index contributed by atoms with van der Waals surface area (Å²) < 4.78 is 15.5. The first kappa shape index (κ1) is 21.5. The maximum Gasteiger partial charge on any atom is 0.191 e. The van der Waals surface area contributed by atoms with Crippen molar-refractivity contribution in [1.29, 1.82) is 0 Å². The van der Waals surface area contributed by atoms with Gasteiger partial charge in [0.05, 0.1) is 6.54 Å². The van der Waals surface area contributed by atoms with Gasteiger partial charge in [-0.05, 0) is 50.5 Å². The van der Waals surface area contributed by atoms with Crippen molar-refractivity contribution in [3.8, 4) is 0 Å². The van der Waals surface area contributed by atoms with Gasteiger partial charge in [0.1, 0.15) is 17.5 Å². The SMILES string of the molecule is CCNC(=NCCc1c[nH]c2ccc(F)cc12)NC1CCc2nc(C)nn2C1.I. The van der Waals surface area contributed by atoms with Gasteiger partial charge in [0.15, 0.2) is 5.96 Å². The molecule has 1 atom stereocenters. The van der Waals surface area contributed by atoms with E-state index in [4.69, 9.17) is 4.99 Å². The van der Waals surface area contributed by atoms with Crippen molar-refractivity contribution < 1.29 is 4.39 Å². The smallest absolute Gasteiger partial charge is 0.191 e. The van der Waals surface area contributed by atoms with Gasteiger partial charge in [-0.1, -0.05) is 0 Å². The van der Waals surface area contributed by atoms with Crippen LogP contribution in [0, 0.1) is 12.7 Å². The van der Waals surface area contributed by atoms with Crippen molar-refractivity contribution in [1.82, 2.24) is 30.4 Å². The molecule has 0 radical (unpaired) electrons. The Kier molecular flexibility index (Phi) is 7.09. The van der Waals surface area contributed by atoms with Crippen LogP contribution in [0.25, 0.3) is 10.9 Å². The summed E-state index contributed by atoms with van der Waals surface area (Å²) in [7, 11) is 0. The number of nitrogens with one attached hydrogen (secondary N) is 3. The minimum absolute atomic E-state index is 0. The molecule has 1 aliphatic rings. The molecule has 3 N–H and O–H groups in total. The summed E-state index contributed by atoms with van der Waals surface area (Å²) in [5.74, 6) is 2.47. The molecule has 2 aromatic heterocycles. The lowest BCUT2D eigenvalue weighted by atomic mass is 10.1. The molecule has 0 bridgehead atoms. The van der Waals surface area contributed by atoms with Crippen molar-refractivity contribution in [2.24, 2.45) is 4.99 Å². The monoisotopic (exact) mass is 511 g/mol. The average molecular weight is 511 g/mol. The second-order valence-corrected chi connectivity index (χ2v) is 7.15. The van der Waals surface area contributed by atoms with E-state index in [1.54, 1.807) is 12.1 Å². The third-order valence-electron chi connectivity index (χ3n) is 5.03. The Morgan fingerprint density at radius 1 is 1.41 bits per heavy atom. The van der Waals surface area contributed by atoms with Crippen molar-refractivity contribution in [2.75, 3.05) is 13.1 Å². The zero-order valence-electron chi connectivity index (χ0n) is 16.7. The topological polar surface area (TPSA) is 82.9 Å². The fourth-order valence-electron chi connectivity index (χ4n) is 3.71. The Morgan fingerprint density at radius 3 is 3.10 bits per heavy atom. The van der Waals surface area contributed by atoms with Crippen LogP contribution in [0.3, 0.4) is 0 Å². The van der Waals surface area contributed by atoms with Crippen LogP contribution in [0.4, 0.5) is 4.39 Å². The largest absolute Gasteiger partial charge is 0.361 e. The molecular formula is C20H27FIN7. The molecule has 9 heteroatoms. The van der Waals surface area contributed by atoms with Gasteiger partial charge in [-0.2, -0.15) is 5.10 Å². The summed E-state index contributed by atoms with van der Waals surface area (Å²) in [4.78, 5) is 12.4. The Morgan fingerprint density at radius 2 is 2.28 bits per heavy atom. The van der Waals surface area contributed by atoms with Gasteiger partial charge in [-0.25, -0.2) is 14.1 Å². The second kappa shape index (κ2) is 9.55. The lowest BCUT2D eigenvalue weighted by Crippen LogP contribution is -2.47. The summed E-state index contributed by atoms with van der Waals surface area (Å²) in [6, 6.07) is 5.09. The molecule has 0 amide bonds. The van der Waals surface area contributed by atoms with Gasteiger partial charge in [-0.15, -0.1) is 24.0 Å². The number of fused-ring (bicyclic) bond motifs is 2. The van der Waals surface area contributed by atoms with Crippen LogP contribution in [0.15, 0.2) is 29.4 Å². The van der Waals surface area contributed by atoms with Gasteiger partial charge >= 0.3 is 0 Å². The Hall–Kier alpha value is -2.17. The van der Waals surface area contributed by atoms with Crippen LogP contribution in [0.5, 0.6) is 0 Å². The number of aromatic amines is 1. The molecule has 1 aromatic carbocycles. The molecule has 0 fully saturated rings. The standard InChI is InChI=1S/C20H26FN7.HI/c1-3-22-20(26-16-5-7-19-25-13(2)27-28(19)12-16)23-9-8-14-11-24-18-6-4-15(21)10-17(14)18;/h4,6,10-11,16,24H,3,5,7-9,12H2,1-2H3,(H2,22,23,26);1H. The van der Waals surface area contributed by atoms with Crippen LogP contribution in [-0.4, -0.2) is 44.8 Å². The van der Waals surface area contributed by atoms with E-state index < -0.39 is 0 Å². The van der Waals surface area contributed by atoms with Crippen LogP contribution >= 0.6 is 24.0 Å². The number of rotatable bonds is 5. The third-order valence-corrected chi connectivity index (χ3v) is 5.03. The van der Waals surface area contributed by atoms with Gasteiger partial charge in [0.2, 0.25) is 0 Å². The molecule has 0 saturated heterocycles. The zero-order valence-corrected chi connectivity index (χ0v) is 19.0. The molecule has 1 aliphatic heterocycles. The summed E-state index contributed by atoms with van der Waals surface area (Å²) in [6.45, 7) is 6.20. The predicted octanol–water partition coefficient (Wildman–Crippen LogP) is 2.94. The van der Waals surface area contributed by atoms with Gasteiger partial charge in [0.25, 0.3) is 0 Å². The number of guanidine groups is 1. The molecule has 0 aliphatic carbocycles. The molecule has 7 nitrogen and oxygen atoms in total. The number of nitrogens with zero attached hydrogens (tertiary/aromatic N) is 4. The van der Waals surface area contributed by atoms with Crippen molar-refractivity contribution in [3.63, 3.8) is 0 Å². The van der Waals surface area contributed by atoms with Crippen LogP contribution in [-0.2, 0) is 19.4 Å². The fourth-order valence-corrected chi connectivity index (χ4v) is 3.71. The first-order chi connectivity index (χ1) is 13.6. The van der Waals surface area contributed by atoms with E-state index in [1.807, 2.05) is 17.8 Å². The molecule has 0 saturated carbocycles. The van der Waals surface area contributed by atoms with E-state index in [-0.39, 0.29) is 35.8 Å². The number of hydrogen-bond donors (Lipinski definition) is 3. The highest BCUT2D eigenvalue weighted by atomic mass is 127. The molecule has 156 valence electrons. The van der Waals surface area contributed by atoms with E-state index >= 15 is 0 Å². The summed E-state index contributed by atoms with van der Waals surface area (Å²) in [5, 5.41) is 12.2. The molecule has 3 heterocycles. The van der Waals surface area contributed by atoms with Crippen LogP contribution in [0.2, 0.25) is 0 Å². The molecule has 1 unspecified atom stereocenters. The summed E-state index contributed by atoms with van der Waals surface area (Å²) in [6.07, 6.45) is 4.61. The number of halogens is 2. The third kappa shape index (κ3) is 5.06. The predicted molar refractivity (Wildman–Crippen MR) is 123 cm³/mol. The molecular weight excluding hydrogens is 484 g/mol. The van der Waals surface area contributed by atoms with E-state index in [9.17, 15) is 4.39 Å². The number of aryl methyl sites for hydroxylation is 2. The zero-order chi connectivity index (χ0) is 19.5. The van der Waals surface area contributed by atoms with Gasteiger partial charge in [0, 0.05) is 42.7 Å². The van der Waals surface area contributed by atoms with E-state index in [1.165, 1.54) is 6.07 Å². The Balaban J connectivity index is 0.00000240. The fraction of sp³-hybridized carbons (Fsp3) is 0.450. The Labute approximate surface area is 186 Å². The van der Waals surface area contributed by atoms with E-state index in [0.29, 0.717) is 6.54 Å². The van der Waals surface area contributed by atoms with E-state index in [2.05, 4.69) is 32.6 Å². The maximum atomic E-state index is 13.5. The highest BCUT2D eigenvalue weighted by Gasteiger charge is 2.21. The minimum Gasteiger partial charge on any atom is -0.361 e. The van der Waals surface area contributed by atoms with Crippen molar-refractivity contribution in [2.45, 2.75) is 45.7 Å². The normalized spacial score (nSPS) is 16.4. The van der Waals surface area contributed by atoms with Crippen molar-refractivity contribution >= 4 is 40.8 Å². The molecule has 29 heavy (non-hydrogen) atoms. The number of aromatic nitrogens is 4. The summed E-state index contributed by atoms with van der Waals surface area (Å²) >= 11 is 0. The second-order valence-electron chi connectivity index (χ2n) is 7.15. The van der Waals surface area contributed by atoms with Crippen molar-refractivity contribution in [3.05, 3.63) is 47.4 Å².